The molecule has 3 nitrogen and oxygen atoms in total. The van der Waals surface area contributed by atoms with Crippen molar-refractivity contribution in [3.8, 4) is 6.07 Å². The molecule has 0 aliphatic heterocycles. The van der Waals surface area contributed by atoms with Crippen LogP contribution in [0.15, 0.2) is 52.9 Å². The molecule has 0 radical (unpaired) electrons. The standard InChI is InChI=1S/C17H12Cl2N2OS/c1-23-16-4-2-11(3-5-16)6-12(10-20)17(22)21-15-8-13(18)7-14(19)9-15/h2-9H,1H3,(H,21,22)/b12-6+. The quantitative estimate of drug-likeness (QED) is 0.458. The van der Waals surface area contributed by atoms with E-state index in [2.05, 4.69) is 5.32 Å². The highest BCUT2D eigenvalue weighted by molar-refractivity contribution is 7.98. The lowest BCUT2D eigenvalue weighted by Crippen LogP contribution is -2.13. The second kappa shape index (κ2) is 8.07. The van der Waals surface area contributed by atoms with E-state index in [-0.39, 0.29) is 5.57 Å². The third-order valence-corrected chi connectivity index (χ3v) is 4.09. The van der Waals surface area contributed by atoms with Gasteiger partial charge in [0.05, 0.1) is 0 Å². The van der Waals surface area contributed by atoms with E-state index in [1.807, 2.05) is 36.6 Å². The summed E-state index contributed by atoms with van der Waals surface area (Å²) in [6, 6.07) is 14.2. The number of amides is 1. The zero-order valence-electron chi connectivity index (χ0n) is 12.1. The molecule has 0 unspecified atom stereocenters. The van der Waals surface area contributed by atoms with Gasteiger partial charge in [0.25, 0.3) is 5.91 Å². The molecule has 0 saturated heterocycles. The van der Waals surface area contributed by atoms with Gasteiger partial charge in [0.15, 0.2) is 0 Å². The average molecular weight is 363 g/mol. The van der Waals surface area contributed by atoms with Gasteiger partial charge in [-0.15, -0.1) is 11.8 Å². The zero-order chi connectivity index (χ0) is 16.8. The second-order valence-corrected chi connectivity index (χ2v) is 6.31. The minimum absolute atomic E-state index is 0.00185. The van der Waals surface area contributed by atoms with Crippen LogP contribution in [0.5, 0.6) is 0 Å². The Hall–Kier alpha value is -1.93. The Balaban J connectivity index is 2.20. The maximum Gasteiger partial charge on any atom is 0.266 e. The number of nitrogens with zero attached hydrogens (tertiary/aromatic N) is 1. The number of carbonyl (C=O) groups is 1. The topological polar surface area (TPSA) is 52.9 Å². The predicted molar refractivity (Wildman–Crippen MR) is 96.9 cm³/mol. The van der Waals surface area contributed by atoms with Gasteiger partial charge in [-0.1, -0.05) is 35.3 Å². The van der Waals surface area contributed by atoms with Gasteiger partial charge in [0.2, 0.25) is 0 Å². The second-order valence-electron chi connectivity index (χ2n) is 4.56. The summed E-state index contributed by atoms with van der Waals surface area (Å²) < 4.78 is 0. The number of halogens is 2. The molecule has 2 aromatic carbocycles. The summed E-state index contributed by atoms with van der Waals surface area (Å²) in [6.07, 6.45) is 3.51. The molecule has 6 heteroatoms. The van der Waals surface area contributed by atoms with Gasteiger partial charge >= 0.3 is 0 Å². The Labute approximate surface area is 148 Å². The van der Waals surface area contributed by atoms with E-state index in [4.69, 9.17) is 23.2 Å². The number of thioether (sulfide) groups is 1. The normalized spacial score (nSPS) is 11.0. The van der Waals surface area contributed by atoms with Gasteiger partial charge in [-0.05, 0) is 48.2 Å². The summed E-state index contributed by atoms with van der Waals surface area (Å²) in [4.78, 5) is 13.3. The van der Waals surface area contributed by atoms with E-state index >= 15 is 0 Å². The van der Waals surface area contributed by atoms with Gasteiger partial charge in [-0.25, -0.2) is 0 Å². The molecule has 0 aliphatic carbocycles. The fraction of sp³-hybridized carbons (Fsp3) is 0.0588. The van der Waals surface area contributed by atoms with E-state index in [9.17, 15) is 10.1 Å². The predicted octanol–water partition coefficient (Wildman–Crippen LogP) is 5.26. The van der Waals surface area contributed by atoms with Crippen LogP contribution in [0.2, 0.25) is 10.0 Å². The van der Waals surface area contributed by atoms with Crippen LogP contribution in [0.4, 0.5) is 5.69 Å². The average Bonchev–Trinajstić information content (AvgIpc) is 2.52. The fourth-order valence-electron chi connectivity index (χ4n) is 1.84. The Morgan fingerprint density at radius 2 is 1.78 bits per heavy atom. The molecule has 0 atom stereocenters. The van der Waals surface area contributed by atoms with E-state index in [1.165, 1.54) is 6.08 Å². The van der Waals surface area contributed by atoms with Crippen molar-refractivity contribution in [2.24, 2.45) is 0 Å². The van der Waals surface area contributed by atoms with E-state index < -0.39 is 5.91 Å². The Morgan fingerprint density at radius 1 is 1.17 bits per heavy atom. The summed E-state index contributed by atoms with van der Waals surface area (Å²) in [6.45, 7) is 0. The van der Waals surface area contributed by atoms with Crippen molar-refractivity contribution in [2.45, 2.75) is 4.90 Å². The highest BCUT2D eigenvalue weighted by Gasteiger charge is 2.10. The first kappa shape index (κ1) is 17.4. The number of carbonyl (C=O) groups excluding carboxylic acids is 1. The van der Waals surface area contributed by atoms with Crippen molar-refractivity contribution >= 4 is 52.6 Å². The van der Waals surface area contributed by atoms with Gasteiger partial charge in [0, 0.05) is 20.6 Å². The van der Waals surface area contributed by atoms with Crippen molar-refractivity contribution in [2.75, 3.05) is 11.6 Å². The molecule has 1 amide bonds. The number of benzene rings is 2. The van der Waals surface area contributed by atoms with Crippen LogP contribution < -0.4 is 5.32 Å². The van der Waals surface area contributed by atoms with Crippen LogP contribution in [0, 0.1) is 11.3 Å². The first-order valence-electron chi connectivity index (χ1n) is 6.55. The SMILES string of the molecule is CSc1ccc(/C=C(\C#N)C(=O)Nc2cc(Cl)cc(Cl)c2)cc1. The van der Waals surface area contributed by atoms with E-state index in [0.29, 0.717) is 15.7 Å². The molecule has 2 aromatic rings. The van der Waals surface area contributed by atoms with Crippen molar-refractivity contribution in [1.82, 2.24) is 0 Å². The first-order valence-corrected chi connectivity index (χ1v) is 8.53. The minimum Gasteiger partial charge on any atom is -0.321 e. The molecule has 0 spiro atoms. The van der Waals surface area contributed by atoms with E-state index in [1.54, 1.807) is 30.0 Å². The maximum atomic E-state index is 12.2. The first-order chi connectivity index (χ1) is 11.0. The summed E-state index contributed by atoms with van der Waals surface area (Å²) >= 11 is 13.4. The summed E-state index contributed by atoms with van der Waals surface area (Å²) in [7, 11) is 0. The number of nitrogens with one attached hydrogen (secondary N) is 1. The molecule has 0 saturated carbocycles. The van der Waals surface area contributed by atoms with Crippen LogP contribution in [0.1, 0.15) is 5.56 Å². The number of nitriles is 1. The van der Waals surface area contributed by atoms with Crippen molar-refractivity contribution in [3.05, 3.63) is 63.6 Å². The largest absolute Gasteiger partial charge is 0.321 e. The Kier molecular flexibility index (Phi) is 6.12. The number of rotatable bonds is 4. The Bertz CT molecular complexity index is 775. The van der Waals surface area contributed by atoms with Crippen LogP contribution in [0.3, 0.4) is 0 Å². The highest BCUT2D eigenvalue weighted by Crippen LogP contribution is 2.23. The molecule has 116 valence electrons. The third kappa shape index (κ3) is 5.04. The molecular weight excluding hydrogens is 351 g/mol. The summed E-state index contributed by atoms with van der Waals surface area (Å²) in [5, 5.41) is 12.6. The Morgan fingerprint density at radius 3 is 2.30 bits per heavy atom. The molecule has 2 rings (SSSR count). The minimum atomic E-state index is -0.514. The number of anilines is 1. The van der Waals surface area contributed by atoms with Crippen molar-refractivity contribution in [1.29, 1.82) is 5.26 Å². The van der Waals surface area contributed by atoms with Gasteiger partial charge < -0.3 is 5.32 Å². The lowest BCUT2D eigenvalue weighted by molar-refractivity contribution is -0.112. The van der Waals surface area contributed by atoms with Gasteiger partial charge in [-0.2, -0.15) is 5.26 Å². The zero-order valence-corrected chi connectivity index (χ0v) is 14.5. The molecule has 0 bridgehead atoms. The fourth-order valence-corrected chi connectivity index (χ4v) is 2.77. The summed E-state index contributed by atoms with van der Waals surface area (Å²) in [5.41, 5.74) is 1.21. The molecule has 0 aliphatic rings. The maximum absolute atomic E-state index is 12.2. The van der Waals surface area contributed by atoms with Crippen LogP contribution in [0.25, 0.3) is 6.08 Å². The third-order valence-electron chi connectivity index (χ3n) is 2.91. The number of hydrogen-bond donors (Lipinski definition) is 1. The molecule has 23 heavy (non-hydrogen) atoms. The summed E-state index contributed by atoms with van der Waals surface area (Å²) in [5.74, 6) is -0.514. The van der Waals surface area contributed by atoms with Gasteiger partial charge in [-0.3, -0.25) is 4.79 Å². The molecular formula is C17H12Cl2N2OS. The molecule has 0 fully saturated rings. The number of hydrogen-bond acceptors (Lipinski definition) is 3. The monoisotopic (exact) mass is 362 g/mol. The lowest BCUT2D eigenvalue weighted by Gasteiger charge is -2.06. The lowest BCUT2D eigenvalue weighted by atomic mass is 10.1. The molecule has 1 N–H and O–H groups in total. The molecule has 0 aromatic heterocycles. The van der Waals surface area contributed by atoms with Crippen LogP contribution in [-0.4, -0.2) is 12.2 Å². The highest BCUT2D eigenvalue weighted by atomic mass is 35.5. The van der Waals surface area contributed by atoms with Crippen LogP contribution in [-0.2, 0) is 4.79 Å². The van der Waals surface area contributed by atoms with Crippen molar-refractivity contribution in [3.63, 3.8) is 0 Å². The van der Waals surface area contributed by atoms with Gasteiger partial charge in [0.1, 0.15) is 11.6 Å². The van der Waals surface area contributed by atoms with Crippen molar-refractivity contribution < 1.29 is 4.79 Å². The van der Waals surface area contributed by atoms with Crippen LogP contribution >= 0.6 is 35.0 Å². The molecule has 0 heterocycles. The smallest absolute Gasteiger partial charge is 0.266 e. The van der Waals surface area contributed by atoms with E-state index in [0.717, 1.165) is 10.5 Å².